The number of hydrogen-bond acceptors (Lipinski definition) is 3. The molecule has 0 spiro atoms. The van der Waals surface area contributed by atoms with Crippen LogP contribution in [0.25, 0.3) is 0 Å². The van der Waals surface area contributed by atoms with Crippen molar-refractivity contribution in [2.24, 2.45) is 5.92 Å². The molecule has 148 valence electrons. The molecule has 5 heteroatoms. The lowest BCUT2D eigenvalue weighted by atomic mass is 9.89. The van der Waals surface area contributed by atoms with Gasteiger partial charge in [0.05, 0.1) is 6.61 Å². The molecule has 3 rings (SSSR count). The Bertz CT molecular complexity index is 847. The van der Waals surface area contributed by atoms with Crippen molar-refractivity contribution in [3.05, 3.63) is 53.6 Å². The minimum atomic E-state index is -0.170. The zero-order chi connectivity index (χ0) is 19.9. The van der Waals surface area contributed by atoms with E-state index in [2.05, 4.69) is 17.6 Å². The van der Waals surface area contributed by atoms with Crippen molar-refractivity contribution < 1.29 is 14.3 Å². The zero-order valence-corrected chi connectivity index (χ0v) is 16.6. The van der Waals surface area contributed by atoms with Gasteiger partial charge < -0.3 is 15.4 Å². The molecule has 1 aliphatic heterocycles. The molecular weight excluding hydrogens is 352 g/mol. The van der Waals surface area contributed by atoms with Gasteiger partial charge in [0.25, 0.3) is 0 Å². The monoisotopic (exact) mass is 380 g/mol. The van der Waals surface area contributed by atoms with Crippen LogP contribution in [0.2, 0.25) is 0 Å². The minimum absolute atomic E-state index is 0.00346. The lowest BCUT2D eigenvalue weighted by molar-refractivity contribution is -0.121. The number of benzene rings is 2. The van der Waals surface area contributed by atoms with Gasteiger partial charge in [-0.05, 0) is 61.6 Å². The Morgan fingerprint density at radius 2 is 2.07 bits per heavy atom. The summed E-state index contributed by atoms with van der Waals surface area (Å²) in [6, 6.07) is 13.5. The van der Waals surface area contributed by atoms with Gasteiger partial charge in [-0.1, -0.05) is 31.5 Å². The number of carbonyl (C=O) groups is 2. The van der Waals surface area contributed by atoms with Gasteiger partial charge in [-0.2, -0.15) is 0 Å². The maximum Gasteiger partial charge on any atom is 0.227 e. The lowest BCUT2D eigenvalue weighted by Crippen LogP contribution is -2.30. The molecule has 2 N–H and O–H groups in total. The predicted octanol–water partition coefficient (Wildman–Crippen LogP) is 4.70. The molecule has 2 amide bonds. The summed E-state index contributed by atoms with van der Waals surface area (Å²) in [5.74, 6) is 0.572. The van der Waals surface area contributed by atoms with Crippen LogP contribution in [0.4, 0.5) is 11.4 Å². The summed E-state index contributed by atoms with van der Waals surface area (Å²) in [7, 11) is 0. The molecule has 0 aromatic heterocycles. The van der Waals surface area contributed by atoms with E-state index in [0.29, 0.717) is 25.9 Å². The fraction of sp³-hybridized carbons (Fsp3) is 0.391. The summed E-state index contributed by atoms with van der Waals surface area (Å²) in [6.07, 6.45) is 3.64. The van der Waals surface area contributed by atoms with E-state index in [-0.39, 0.29) is 17.7 Å². The summed E-state index contributed by atoms with van der Waals surface area (Å²) < 4.78 is 5.70. The van der Waals surface area contributed by atoms with E-state index in [1.165, 1.54) is 0 Å². The predicted molar refractivity (Wildman–Crippen MR) is 112 cm³/mol. The number of fused-ring (bicyclic) bond motifs is 1. The van der Waals surface area contributed by atoms with E-state index in [1.54, 1.807) is 0 Å². The molecule has 2 aromatic carbocycles. The summed E-state index contributed by atoms with van der Waals surface area (Å²) in [5.41, 5.74) is 3.75. The highest BCUT2D eigenvalue weighted by Gasteiger charge is 2.26. The van der Waals surface area contributed by atoms with Crippen molar-refractivity contribution in [1.29, 1.82) is 0 Å². The largest absolute Gasteiger partial charge is 0.494 e. The van der Waals surface area contributed by atoms with Gasteiger partial charge in [-0.15, -0.1) is 0 Å². The molecule has 5 nitrogen and oxygen atoms in total. The maximum absolute atomic E-state index is 12.4. The third-order valence-corrected chi connectivity index (χ3v) is 5.07. The molecule has 0 saturated carbocycles. The van der Waals surface area contributed by atoms with Gasteiger partial charge in [0.1, 0.15) is 5.75 Å². The summed E-state index contributed by atoms with van der Waals surface area (Å²) in [6.45, 7) is 4.78. The Morgan fingerprint density at radius 3 is 2.86 bits per heavy atom. The average molecular weight is 380 g/mol. The van der Waals surface area contributed by atoms with Crippen LogP contribution in [0.5, 0.6) is 5.75 Å². The average Bonchev–Trinajstić information content (AvgIpc) is 2.68. The van der Waals surface area contributed by atoms with E-state index >= 15 is 0 Å². The van der Waals surface area contributed by atoms with E-state index in [1.807, 2.05) is 49.4 Å². The number of unbranched alkanes of at least 4 members (excludes halogenated alkanes) is 1. The third-order valence-electron chi connectivity index (χ3n) is 5.07. The first-order valence-corrected chi connectivity index (χ1v) is 9.99. The summed E-state index contributed by atoms with van der Waals surface area (Å²) in [4.78, 5) is 24.7. The molecule has 0 radical (unpaired) electrons. The Balaban J connectivity index is 1.51. The summed E-state index contributed by atoms with van der Waals surface area (Å²) >= 11 is 0. The van der Waals surface area contributed by atoms with E-state index < -0.39 is 0 Å². The highest BCUT2D eigenvalue weighted by molar-refractivity contribution is 5.96. The second-order valence-electron chi connectivity index (χ2n) is 7.31. The second-order valence-corrected chi connectivity index (χ2v) is 7.31. The number of ether oxygens (including phenoxy) is 1. The number of aryl methyl sites for hydroxylation is 1. The molecule has 2 aromatic rings. The normalized spacial score (nSPS) is 15.5. The Morgan fingerprint density at radius 1 is 1.25 bits per heavy atom. The summed E-state index contributed by atoms with van der Waals surface area (Å²) in [5, 5.41) is 5.89. The van der Waals surface area contributed by atoms with E-state index in [0.717, 1.165) is 41.1 Å². The standard InChI is InChI=1S/C23H28N2O3/c1-3-4-13-28-19-10-11-20(16(2)14-19)24-22(26)12-9-18-15-17-7-5-6-8-21(17)25-23(18)27/h5-8,10-11,14,18H,3-4,9,12-13,15H2,1-2H3,(H,24,26)(H,25,27). The lowest BCUT2D eigenvalue weighted by Gasteiger charge is -2.24. The van der Waals surface area contributed by atoms with Crippen molar-refractivity contribution in [3.8, 4) is 5.75 Å². The van der Waals surface area contributed by atoms with E-state index in [4.69, 9.17) is 4.74 Å². The molecule has 0 aliphatic carbocycles. The Kier molecular flexibility index (Phi) is 6.69. The van der Waals surface area contributed by atoms with Gasteiger partial charge in [-0.25, -0.2) is 0 Å². The van der Waals surface area contributed by atoms with Crippen LogP contribution in [0.3, 0.4) is 0 Å². The van der Waals surface area contributed by atoms with Gasteiger partial charge in [0, 0.05) is 23.7 Å². The first-order valence-electron chi connectivity index (χ1n) is 9.99. The van der Waals surface area contributed by atoms with E-state index in [9.17, 15) is 9.59 Å². The molecule has 0 bridgehead atoms. The van der Waals surface area contributed by atoms with Gasteiger partial charge in [-0.3, -0.25) is 9.59 Å². The van der Waals surface area contributed by atoms with Crippen LogP contribution in [-0.4, -0.2) is 18.4 Å². The first-order chi connectivity index (χ1) is 13.6. The SMILES string of the molecule is CCCCOc1ccc(NC(=O)CCC2Cc3ccccc3NC2=O)c(C)c1. The highest BCUT2D eigenvalue weighted by Crippen LogP contribution is 2.28. The quantitative estimate of drug-likeness (QED) is 0.652. The Labute approximate surface area is 166 Å². The van der Waals surface area contributed by atoms with Crippen molar-refractivity contribution in [2.75, 3.05) is 17.2 Å². The van der Waals surface area contributed by atoms with Crippen LogP contribution in [0.15, 0.2) is 42.5 Å². The molecule has 1 atom stereocenters. The number of carbonyl (C=O) groups excluding carboxylic acids is 2. The van der Waals surface area contributed by atoms with Crippen LogP contribution < -0.4 is 15.4 Å². The second kappa shape index (κ2) is 9.40. The number of nitrogens with one attached hydrogen (secondary N) is 2. The molecular formula is C23H28N2O3. The smallest absolute Gasteiger partial charge is 0.227 e. The molecule has 0 fully saturated rings. The van der Waals surface area contributed by atoms with Gasteiger partial charge in [0.2, 0.25) is 11.8 Å². The molecule has 1 heterocycles. The van der Waals surface area contributed by atoms with Crippen LogP contribution in [0.1, 0.15) is 43.7 Å². The van der Waals surface area contributed by atoms with Crippen molar-refractivity contribution >= 4 is 23.2 Å². The molecule has 28 heavy (non-hydrogen) atoms. The molecule has 0 saturated heterocycles. The van der Waals surface area contributed by atoms with Crippen molar-refractivity contribution in [3.63, 3.8) is 0 Å². The topological polar surface area (TPSA) is 67.4 Å². The fourth-order valence-electron chi connectivity index (χ4n) is 3.36. The number of hydrogen-bond donors (Lipinski definition) is 2. The minimum Gasteiger partial charge on any atom is -0.494 e. The third kappa shape index (κ3) is 5.12. The van der Waals surface area contributed by atoms with Crippen LogP contribution >= 0.6 is 0 Å². The maximum atomic E-state index is 12.4. The number of para-hydroxylation sites is 1. The molecule has 1 aliphatic rings. The van der Waals surface area contributed by atoms with Crippen molar-refractivity contribution in [2.45, 2.75) is 46.0 Å². The zero-order valence-electron chi connectivity index (χ0n) is 16.6. The molecule has 1 unspecified atom stereocenters. The fourth-order valence-corrected chi connectivity index (χ4v) is 3.36. The number of rotatable bonds is 8. The first kappa shape index (κ1) is 19.9. The number of anilines is 2. The highest BCUT2D eigenvalue weighted by atomic mass is 16.5. The van der Waals surface area contributed by atoms with Gasteiger partial charge >= 0.3 is 0 Å². The Hall–Kier alpha value is -2.82. The number of amides is 2. The van der Waals surface area contributed by atoms with Crippen LogP contribution in [-0.2, 0) is 16.0 Å². The van der Waals surface area contributed by atoms with Gasteiger partial charge in [0.15, 0.2) is 0 Å². The van der Waals surface area contributed by atoms with Crippen LogP contribution in [0, 0.1) is 12.8 Å². The van der Waals surface area contributed by atoms with Crippen molar-refractivity contribution in [1.82, 2.24) is 0 Å².